The summed E-state index contributed by atoms with van der Waals surface area (Å²) >= 11 is 5.97. The van der Waals surface area contributed by atoms with E-state index < -0.39 is 13.1 Å². The third kappa shape index (κ3) is 5.83. The van der Waals surface area contributed by atoms with Gasteiger partial charge in [-0.05, 0) is 36.1 Å². The molecule has 5 nitrogen and oxygen atoms in total. The maximum atomic E-state index is 12.3. The van der Waals surface area contributed by atoms with Gasteiger partial charge in [-0.2, -0.15) is 5.26 Å². The third-order valence-corrected chi connectivity index (χ3v) is 5.19. The van der Waals surface area contributed by atoms with Gasteiger partial charge in [0.05, 0.1) is 16.1 Å². The SMILES string of the molecule is CCCCCC1COB(c2ccc(C(=O)Oc3ccc(C#N)c(Cl)c3)cc2)OC1. The van der Waals surface area contributed by atoms with E-state index in [4.69, 9.17) is 30.9 Å². The van der Waals surface area contributed by atoms with Crippen LogP contribution in [0.3, 0.4) is 0 Å². The van der Waals surface area contributed by atoms with Gasteiger partial charge in [-0.25, -0.2) is 4.79 Å². The molecule has 0 atom stereocenters. The lowest BCUT2D eigenvalue weighted by atomic mass is 9.77. The lowest BCUT2D eigenvalue weighted by Gasteiger charge is -2.27. The Balaban J connectivity index is 1.54. The van der Waals surface area contributed by atoms with Crippen LogP contribution in [-0.2, 0) is 9.31 Å². The van der Waals surface area contributed by atoms with Crippen molar-refractivity contribution < 1.29 is 18.8 Å². The Morgan fingerprint density at radius 3 is 2.55 bits per heavy atom. The van der Waals surface area contributed by atoms with Crippen LogP contribution in [0.4, 0.5) is 0 Å². The second-order valence-electron chi connectivity index (χ2n) is 7.13. The Labute approximate surface area is 176 Å². The molecule has 3 rings (SSSR count). The zero-order valence-corrected chi connectivity index (χ0v) is 17.2. The molecule has 1 aliphatic rings. The second kappa shape index (κ2) is 10.5. The van der Waals surface area contributed by atoms with Crippen LogP contribution < -0.4 is 10.2 Å². The molecule has 150 valence electrons. The number of hydrogen-bond donors (Lipinski definition) is 0. The van der Waals surface area contributed by atoms with Crippen molar-refractivity contribution in [1.82, 2.24) is 0 Å². The van der Waals surface area contributed by atoms with Gasteiger partial charge in [0.25, 0.3) is 0 Å². The van der Waals surface area contributed by atoms with E-state index in [1.54, 1.807) is 12.1 Å². The minimum atomic E-state index is -0.501. The number of benzene rings is 2. The maximum Gasteiger partial charge on any atom is 0.493 e. The van der Waals surface area contributed by atoms with Gasteiger partial charge in [0.2, 0.25) is 0 Å². The van der Waals surface area contributed by atoms with Crippen LogP contribution in [0.2, 0.25) is 5.02 Å². The lowest BCUT2D eigenvalue weighted by Crippen LogP contribution is -2.44. The number of rotatable bonds is 7. The fraction of sp³-hybridized carbons (Fsp3) is 0.364. The first-order valence-electron chi connectivity index (χ1n) is 9.85. The van der Waals surface area contributed by atoms with Crippen molar-refractivity contribution >= 4 is 30.2 Å². The molecule has 29 heavy (non-hydrogen) atoms. The molecule has 1 heterocycles. The van der Waals surface area contributed by atoms with Crippen LogP contribution in [0, 0.1) is 17.2 Å². The van der Waals surface area contributed by atoms with Crippen molar-refractivity contribution in [2.24, 2.45) is 5.92 Å². The van der Waals surface area contributed by atoms with Gasteiger partial charge in [-0.3, -0.25) is 0 Å². The summed E-state index contributed by atoms with van der Waals surface area (Å²) in [6.07, 6.45) is 4.79. The van der Waals surface area contributed by atoms with Crippen molar-refractivity contribution in [3.63, 3.8) is 0 Å². The number of carbonyl (C=O) groups excluding carboxylic acids is 1. The lowest BCUT2D eigenvalue weighted by molar-refractivity contribution is 0.0734. The fourth-order valence-corrected chi connectivity index (χ4v) is 3.39. The monoisotopic (exact) mass is 411 g/mol. The molecule has 0 saturated carbocycles. The molecule has 2 aromatic carbocycles. The highest BCUT2D eigenvalue weighted by Gasteiger charge is 2.29. The number of hydrogen-bond acceptors (Lipinski definition) is 5. The van der Waals surface area contributed by atoms with Crippen molar-refractivity contribution in [3.8, 4) is 11.8 Å². The van der Waals surface area contributed by atoms with E-state index in [0.29, 0.717) is 30.3 Å². The molecule has 1 saturated heterocycles. The molecule has 0 spiro atoms. The van der Waals surface area contributed by atoms with Gasteiger partial charge in [0.15, 0.2) is 0 Å². The van der Waals surface area contributed by atoms with E-state index in [1.807, 2.05) is 18.2 Å². The van der Waals surface area contributed by atoms with E-state index in [-0.39, 0.29) is 10.8 Å². The molecule has 0 bridgehead atoms. The highest BCUT2D eigenvalue weighted by atomic mass is 35.5. The molecule has 0 radical (unpaired) electrons. The van der Waals surface area contributed by atoms with E-state index in [2.05, 4.69) is 6.92 Å². The normalized spacial score (nSPS) is 14.4. The van der Waals surface area contributed by atoms with Crippen LogP contribution in [0.15, 0.2) is 42.5 Å². The standard InChI is InChI=1S/C22H23BClNO4/c1-2-3-4-5-16-14-27-23(28-15-16)19-9-6-17(7-10-19)22(26)29-20-11-8-18(13-25)21(24)12-20/h6-12,16H,2-5,14-15H2,1H3. The largest absolute Gasteiger partial charge is 0.493 e. The van der Waals surface area contributed by atoms with Gasteiger partial charge in [-0.1, -0.05) is 49.9 Å². The van der Waals surface area contributed by atoms with Crippen LogP contribution in [0.1, 0.15) is 48.5 Å². The Bertz CT molecular complexity index is 873. The Kier molecular flexibility index (Phi) is 7.71. The highest BCUT2D eigenvalue weighted by molar-refractivity contribution is 6.61. The molecule has 0 unspecified atom stereocenters. The van der Waals surface area contributed by atoms with Crippen LogP contribution in [0.5, 0.6) is 5.75 Å². The van der Waals surface area contributed by atoms with Crippen LogP contribution >= 0.6 is 11.6 Å². The number of carbonyl (C=O) groups is 1. The van der Waals surface area contributed by atoms with Crippen molar-refractivity contribution in [1.29, 1.82) is 5.26 Å². The fourth-order valence-electron chi connectivity index (χ4n) is 3.18. The van der Waals surface area contributed by atoms with Gasteiger partial charge in [0.1, 0.15) is 11.8 Å². The molecule has 0 aliphatic carbocycles. The molecule has 1 aliphatic heterocycles. The zero-order valence-electron chi connectivity index (χ0n) is 16.4. The highest BCUT2D eigenvalue weighted by Crippen LogP contribution is 2.23. The number of nitrogens with zero attached hydrogens (tertiary/aromatic N) is 1. The van der Waals surface area contributed by atoms with Crippen LogP contribution in [-0.4, -0.2) is 26.3 Å². The summed E-state index contributed by atoms with van der Waals surface area (Å²) < 4.78 is 17.0. The summed E-state index contributed by atoms with van der Waals surface area (Å²) in [5.41, 5.74) is 1.60. The van der Waals surface area contributed by atoms with Crippen molar-refractivity contribution in [3.05, 3.63) is 58.6 Å². The van der Waals surface area contributed by atoms with Gasteiger partial charge in [0, 0.05) is 25.2 Å². The molecule has 1 fully saturated rings. The summed E-state index contributed by atoms with van der Waals surface area (Å²) in [6.45, 7) is 3.58. The van der Waals surface area contributed by atoms with E-state index in [1.165, 1.54) is 37.5 Å². The summed E-state index contributed by atoms with van der Waals surface area (Å²) in [6, 6.07) is 13.5. The third-order valence-electron chi connectivity index (χ3n) is 4.87. The summed E-state index contributed by atoms with van der Waals surface area (Å²) in [5, 5.41) is 9.15. The summed E-state index contributed by atoms with van der Waals surface area (Å²) in [5.74, 6) is 0.237. The van der Waals surface area contributed by atoms with Crippen LogP contribution in [0.25, 0.3) is 0 Å². The predicted molar refractivity (Wildman–Crippen MR) is 112 cm³/mol. The zero-order chi connectivity index (χ0) is 20.6. The Morgan fingerprint density at radius 2 is 1.93 bits per heavy atom. The summed E-state index contributed by atoms with van der Waals surface area (Å²) in [4.78, 5) is 12.3. The van der Waals surface area contributed by atoms with E-state index >= 15 is 0 Å². The minimum absolute atomic E-state index is 0.243. The topological polar surface area (TPSA) is 68.5 Å². The number of nitriles is 1. The molecular formula is C22H23BClNO4. The number of halogens is 1. The molecule has 7 heteroatoms. The van der Waals surface area contributed by atoms with E-state index in [0.717, 1.165) is 11.9 Å². The first-order valence-corrected chi connectivity index (χ1v) is 10.2. The van der Waals surface area contributed by atoms with Gasteiger partial charge >= 0.3 is 13.1 Å². The Morgan fingerprint density at radius 1 is 1.21 bits per heavy atom. The Hall–Kier alpha value is -2.33. The first kappa shape index (κ1) is 21.4. The van der Waals surface area contributed by atoms with E-state index in [9.17, 15) is 4.79 Å². The molecule has 0 N–H and O–H groups in total. The molecule has 0 aromatic heterocycles. The smallest absolute Gasteiger partial charge is 0.423 e. The van der Waals surface area contributed by atoms with Gasteiger partial charge in [-0.15, -0.1) is 0 Å². The molecular weight excluding hydrogens is 389 g/mol. The number of ether oxygens (including phenoxy) is 1. The van der Waals surface area contributed by atoms with Crippen molar-refractivity contribution in [2.75, 3.05) is 13.2 Å². The quantitative estimate of drug-likeness (QED) is 0.293. The second-order valence-corrected chi connectivity index (χ2v) is 7.53. The molecule has 2 aromatic rings. The average molecular weight is 412 g/mol. The molecule has 0 amide bonds. The van der Waals surface area contributed by atoms with Crippen molar-refractivity contribution in [2.45, 2.75) is 32.6 Å². The first-order chi connectivity index (χ1) is 14.1. The summed E-state index contributed by atoms with van der Waals surface area (Å²) in [7, 11) is -0.403. The number of unbranched alkanes of at least 4 members (excludes halogenated alkanes) is 2. The average Bonchev–Trinajstić information content (AvgIpc) is 2.75. The van der Waals surface area contributed by atoms with Gasteiger partial charge < -0.3 is 14.0 Å². The maximum absolute atomic E-state index is 12.3. The number of esters is 1. The minimum Gasteiger partial charge on any atom is -0.423 e. The predicted octanol–water partition coefficient (Wildman–Crippen LogP) is 4.37.